The van der Waals surface area contributed by atoms with Crippen molar-refractivity contribution < 1.29 is 134 Å². The summed E-state index contributed by atoms with van der Waals surface area (Å²) < 4.78 is 64.5. The standard InChI is InChI=1S/C41H74O27/c1-13(2)16(5)59-17(6-42)18(7-43)60-37-15(4)25(49)34(22(11-47)64-37)66-40-33(57)35(67-39-32(56)30(54)27(51)20(9-45)62-39)29(53)23(65-40)12-58-41-36(31(55)28(52)21(10-46)63-41)68-38-14(3)24(48)26(50)19(8-44)61-38/h13-57H,6-12H2,1-5H3/t14?,15-,16-,17?,18-,19-,20+,21?,22?,23?,24?,25?,26+,27+,28+,29+,30?,31?,32?,33+,34+,35?,36+,37+,38-,39+,40-,41-/m0/s1. The zero-order chi connectivity index (χ0) is 50.5. The minimum atomic E-state index is -2.10. The van der Waals surface area contributed by atoms with Gasteiger partial charge in [0.05, 0.1) is 64.6 Å². The average molecular weight is 999 g/mol. The van der Waals surface area contributed by atoms with Crippen LogP contribution in [0.4, 0.5) is 0 Å². The largest absolute Gasteiger partial charge is 0.394 e. The van der Waals surface area contributed by atoms with Crippen molar-refractivity contribution >= 4 is 0 Å². The SMILES string of the molecule is CC1C(O)[C@H](O)[C@H](CO)O[C@H]1O[C@@H]1C(O)[C@H](O)C(CO)O[C@@H]1OCC1O[C@@H](O[C@@H]2C(CO)O[C@@H](O[C@@H](CO)C(CO)O[C@@H](C)C(C)C)[C@@H](C)C2O)[C@H](O)C(O[C@H]2O[C@H](CO)[C@@H](O)C(O)C2O)[C@@H]1O. The van der Waals surface area contributed by atoms with Crippen LogP contribution in [0.2, 0.25) is 0 Å². The lowest BCUT2D eigenvalue weighted by Crippen LogP contribution is -2.67. The molecule has 0 aromatic heterocycles. The fourth-order valence-corrected chi connectivity index (χ4v) is 8.48. The summed E-state index contributed by atoms with van der Waals surface area (Å²) >= 11 is 0. The van der Waals surface area contributed by atoms with Crippen molar-refractivity contribution in [3.8, 4) is 0 Å². The third-order valence-corrected chi connectivity index (χ3v) is 13.4. The molecule has 0 spiro atoms. The summed E-state index contributed by atoms with van der Waals surface area (Å²) in [4.78, 5) is 0. The molecule has 0 amide bonds. The molecule has 28 atom stereocenters. The maximum Gasteiger partial charge on any atom is 0.187 e. The van der Waals surface area contributed by atoms with Crippen molar-refractivity contribution in [1.82, 2.24) is 0 Å². The van der Waals surface area contributed by atoms with Gasteiger partial charge < -0.3 is 134 Å². The molecule has 5 fully saturated rings. The molecule has 0 saturated carbocycles. The highest BCUT2D eigenvalue weighted by Gasteiger charge is 2.56. The van der Waals surface area contributed by atoms with Crippen molar-refractivity contribution in [2.75, 3.05) is 46.2 Å². The van der Waals surface area contributed by atoms with Gasteiger partial charge in [-0.1, -0.05) is 27.7 Å². The number of hydrogen-bond acceptors (Lipinski definition) is 27. The van der Waals surface area contributed by atoms with Crippen LogP contribution in [-0.4, -0.2) is 288 Å². The summed E-state index contributed by atoms with van der Waals surface area (Å²) in [6.07, 6.45) is -42.1. The van der Waals surface area contributed by atoms with E-state index in [1.165, 1.54) is 13.8 Å². The summed E-state index contributed by atoms with van der Waals surface area (Å²) in [6, 6.07) is 0. The Labute approximate surface area is 391 Å². The Morgan fingerprint density at radius 1 is 0.397 bits per heavy atom. The zero-order valence-electron chi connectivity index (χ0n) is 38.3. The molecule has 27 nitrogen and oxygen atoms in total. The Morgan fingerprint density at radius 3 is 1.41 bits per heavy atom. The first kappa shape index (κ1) is 57.8. The maximum absolute atomic E-state index is 11.7. The van der Waals surface area contributed by atoms with E-state index in [0.717, 1.165) is 0 Å². The van der Waals surface area contributed by atoms with Gasteiger partial charge >= 0.3 is 0 Å². The first-order chi connectivity index (χ1) is 32.2. The molecule has 0 bridgehead atoms. The lowest BCUT2D eigenvalue weighted by molar-refractivity contribution is -0.388. The van der Waals surface area contributed by atoms with Crippen LogP contribution in [0, 0.1) is 17.8 Å². The molecule has 0 aromatic rings. The van der Waals surface area contributed by atoms with E-state index >= 15 is 0 Å². The highest BCUT2D eigenvalue weighted by Crippen LogP contribution is 2.37. The first-order valence-corrected chi connectivity index (χ1v) is 22.8. The molecule has 27 heteroatoms. The minimum absolute atomic E-state index is 0.0321. The number of hydrogen-bond donors (Lipinski definition) is 16. The Kier molecular flexibility index (Phi) is 21.9. The molecule has 5 heterocycles. The molecule has 5 saturated heterocycles. The van der Waals surface area contributed by atoms with Crippen LogP contribution in [0.15, 0.2) is 0 Å². The summed E-state index contributed by atoms with van der Waals surface area (Å²) in [7, 11) is 0. The van der Waals surface area contributed by atoms with Gasteiger partial charge in [0.15, 0.2) is 31.5 Å². The first-order valence-electron chi connectivity index (χ1n) is 22.8. The second-order valence-electron chi connectivity index (χ2n) is 18.4. The molecular formula is C41H74O27. The van der Waals surface area contributed by atoms with Crippen molar-refractivity contribution in [1.29, 1.82) is 0 Å². The lowest BCUT2D eigenvalue weighted by Gasteiger charge is -2.49. The number of ether oxygens (including phenoxy) is 11. The van der Waals surface area contributed by atoms with E-state index in [9.17, 15) is 81.7 Å². The predicted octanol–water partition coefficient (Wildman–Crippen LogP) is -8.57. The quantitative estimate of drug-likeness (QED) is 0.0508. The van der Waals surface area contributed by atoms with Gasteiger partial charge in [-0.2, -0.15) is 0 Å². The van der Waals surface area contributed by atoms with Gasteiger partial charge in [0.25, 0.3) is 0 Å². The molecule has 11 unspecified atom stereocenters. The van der Waals surface area contributed by atoms with E-state index in [1.54, 1.807) is 6.92 Å². The van der Waals surface area contributed by atoms with E-state index in [2.05, 4.69) is 0 Å². The van der Waals surface area contributed by atoms with E-state index in [1.807, 2.05) is 13.8 Å². The third-order valence-electron chi connectivity index (χ3n) is 13.4. The molecule has 0 radical (unpaired) electrons. The molecule has 0 aliphatic carbocycles. The Balaban J connectivity index is 1.40. The van der Waals surface area contributed by atoms with Crippen molar-refractivity contribution in [3.05, 3.63) is 0 Å². The van der Waals surface area contributed by atoms with E-state index < -0.39 is 212 Å². The third kappa shape index (κ3) is 12.8. The van der Waals surface area contributed by atoms with Crippen molar-refractivity contribution in [3.63, 3.8) is 0 Å². The van der Waals surface area contributed by atoms with Gasteiger partial charge in [-0.3, -0.25) is 0 Å². The fourth-order valence-electron chi connectivity index (χ4n) is 8.48. The highest BCUT2D eigenvalue weighted by atomic mass is 16.8. The van der Waals surface area contributed by atoms with Gasteiger partial charge in [0, 0.05) is 11.8 Å². The average Bonchev–Trinajstić information content (AvgIpc) is 3.32. The van der Waals surface area contributed by atoms with Crippen LogP contribution in [0.25, 0.3) is 0 Å². The highest BCUT2D eigenvalue weighted by molar-refractivity contribution is 4.98. The summed E-state index contributed by atoms with van der Waals surface area (Å²) in [5.74, 6) is -2.01. The molecular weight excluding hydrogens is 924 g/mol. The van der Waals surface area contributed by atoms with Crippen LogP contribution in [0.1, 0.15) is 34.6 Å². The summed E-state index contributed by atoms with van der Waals surface area (Å²) in [5.41, 5.74) is 0. The van der Waals surface area contributed by atoms with Crippen LogP contribution in [0.3, 0.4) is 0 Å². The van der Waals surface area contributed by atoms with Crippen molar-refractivity contribution in [2.45, 2.75) is 194 Å². The summed E-state index contributed by atoms with van der Waals surface area (Å²) in [5, 5.41) is 170. The molecule has 5 aliphatic rings. The normalized spacial score (nSPS) is 47.5. The van der Waals surface area contributed by atoms with Gasteiger partial charge in [-0.25, -0.2) is 0 Å². The smallest absolute Gasteiger partial charge is 0.187 e. The molecule has 5 rings (SSSR count). The Bertz CT molecular complexity index is 1470. The van der Waals surface area contributed by atoms with Gasteiger partial charge in [-0.05, 0) is 12.8 Å². The predicted molar refractivity (Wildman–Crippen MR) is 219 cm³/mol. The second-order valence-corrected chi connectivity index (χ2v) is 18.4. The maximum atomic E-state index is 11.7. The Hall–Kier alpha value is -1.08. The van der Waals surface area contributed by atoms with Gasteiger partial charge in [0.1, 0.15) is 110 Å². The number of aliphatic hydroxyl groups is 16. The number of rotatable bonds is 21. The molecule has 16 N–H and O–H groups in total. The van der Waals surface area contributed by atoms with Crippen LogP contribution >= 0.6 is 0 Å². The van der Waals surface area contributed by atoms with Crippen molar-refractivity contribution in [2.24, 2.45) is 17.8 Å². The van der Waals surface area contributed by atoms with Gasteiger partial charge in [-0.15, -0.1) is 0 Å². The minimum Gasteiger partial charge on any atom is -0.394 e. The lowest BCUT2D eigenvalue weighted by atomic mass is 9.91. The number of aliphatic hydroxyl groups excluding tert-OH is 16. The molecule has 0 aromatic carbocycles. The van der Waals surface area contributed by atoms with Crippen LogP contribution < -0.4 is 0 Å². The van der Waals surface area contributed by atoms with Crippen LogP contribution in [-0.2, 0) is 52.1 Å². The van der Waals surface area contributed by atoms with E-state index in [0.29, 0.717) is 0 Å². The van der Waals surface area contributed by atoms with E-state index in [4.69, 9.17) is 52.1 Å². The second kappa shape index (κ2) is 25.7. The zero-order valence-corrected chi connectivity index (χ0v) is 38.3. The van der Waals surface area contributed by atoms with Gasteiger partial charge in [0.2, 0.25) is 0 Å². The molecule has 5 aliphatic heterocycles. The van der Waals surface area contributed by atoms with E-state index in [-0.39, 0.29) is 12.0 Å². The molecule has 68 heavy (non-hydrogen) atoms. The topological polar surface area (TPSA) is 425 Å². The monoisotopic (exact) mass is 998 g/mol. The molecule has 400 valence electrons. The summed E-state index contributed by atoms with van der Waals surface area (Å²) in [6.45, 7) is 3.11. The Morgan fingerprint density at radius 2 is 0.853 bits per heavy atom. The van der Waals surface area contributed by atoms with Crippen LogP contribution in [0.5, 0.6) is 0 Å². The fraction of sp³-hybridized carbons (Fsp3) is 1.00.